The average molecular weight is 326 g/mol. The van der Waals surface area contributed by atoms with Gasteiger partial charge in [-0.25, -0.2) is 8.78 Å². The molecular weight excluding hydrogens is 316 g/mol. The molecule has 1 amide bonds. The predicted octanol–water partition coefficient (Wildman–Crippen LogP) is 4.29. The summed E-state index contributed by atoms with van der Waals surface area (Å²) in [6.07, 6.45) is 0. The van der Waals surface area contributed by atoms with Crippen molar-refractivity contribution in [2.24, 2.45) is 0 Å². The monoisotopic (exact) mass is 325 g/mol. The van der Waals surface area contributed by atoms with Gasteiger partial charge in [0, 0.05) is 4.47 Å². The molecule has 0 aliphatic carbocycles. The van der Waals surface area contributed by atoms with Crippen molar-refractivity contribution < 1.29 is 13.6 Å². The standard InChI is InChI=1S/C14H10BrF2NO/c1-8-4-2-5-9(12(8)15)14(19)18-11-7-3-6-10(16)13(11)17/h2-7H,1H3,(H,18,19). The number of benzene rings is 2. The first-order chi connectivity index (χ1) is 9.00. The largest absolute Gasteiger partial charge is 0.319 e. The first-order valence-corrected chi connectivity index (χ1v) is 6.30. The lowest BCUT2D eigenvalue weighted by Gasteiger charge is -2.09. The average Bonchev–Trinajstić information content (AvgIpc) is 2.38. The van der Waals surface area contributed by atoms with Gasteiger partial charge in [0.25, 0.3) is 5.91 Å². The summed E-state index contributed by atoms with van der Waals surface area (Å²) < 4.78 is 27.1. The highest BCUT2D eigenvalue weighted by Gasteiger charge is 2.14. The maximum absolute atomic E-state index is 13.5. The van der Waals surface area contributed by atoms with Crippen LogP contribution >= 0.6 is 15.9 Å². The van der Waals surface area contributed by atoms with Crippen LogP contribution in [0, 0.1) is 18.6 Å². The van der Waals surface area contributed by atoms with Gasteiger partial charge in [-0.05, 0) is 46.6 Å². The van der Waals surface area contributed by atoms with Crippen LogP contribution in [-0.2, 0) is 0 Å². The molecule has 5 heteroatoms. The molecule has 0 radical (unpaired) electrons. The Bertz CT molecular complexity index is 643. The third kappa shape index (κ3) is 2.81. The van der Waals surface area contributed by atoms with E-state index in [2.05, 4.69) is 21.2 Å². The molecule has 0 aromatic heterocycles. The fourth-order valence-corrected chi connectivity index (χ4v) is 2.06. The molecule has 2 rings (SSSR count). The van der Waals surface area contributed by atoms with E-state index < -0.39 is 17.5 Å². The molecule has 0 aliphatic rings. The zero-order valence-electron chi connectivity index (χ0n) is 10.0. The Balaban J connectivity index is 2.31. The van der Waals surface area contributed by atoms with Crippen LogP contribution in [-0.4, -0.2) is 5.91 Å². The van der Waals surface area contributed by atoms with Crippen molar-refractivity contribution in [1.29, 1.82) is 0 Å². The van der Waals surface area contributed by atoms with Crippen molar-refractivity contribution in [3.05, 3.63) is 63.6 Å². The predicted molar refractivity (Wildman–Crippen MR) is 73.2 cm³/mol. The van der Waals surface area contributed by atoms with Crippen LogP contribution in [0.3, 0.4) is 0 Å². The van der Waals surface area contributed by atoms with Crippen LogP contribution in [0.4, 0.5) is 14.5 Å². The van der Waals surface area contributed by atoms with E-state index in [1.807, 2.05) is 13.0 Å². The Morgan fingerprint density at radius 2 is 1.84 bits per heavy atom. The Labute approximate surface area is 117 Å². The third-order valence-corrected chi connectivity index (χ3v) is 3.69. The maximum Gasteiger partial charge on any atom is 0.256 e. The van der Waals surface area contributed by atoms with E-state index in [4.69, 9.17) is 0 Å². The smallest absolute Gasteiger partial charge is 0.256 e. The van der Waals surface area contributed by atoms with Gasteiger partial charge in [0.1, 0.15) is 0 Å². The van der Waals surface area contributed by atoms with Gasteiger partial charge in [0.05, 0.1) is 11.3 Å². The minimum absolute atomic E-state index is 0.182. The molecule has 1 N–H and O–H groups in total. The van der Waals surface area contributed by atoms with E-state index in [1.165, 1.54) is 12.1 Å². The van der Waals surface area contributed by atoms with E-state index in [0.717, 1.165) is 11.6 Å². The lowest BCUT2D eigenvalue weighted by Crippen LogP contribution is -2.14. The summed E-state index contributed by atoms with van der Waals surface area (Å²) in [5, 5.41) is 2.35. The molecule has 0 saturated heterocycles. The van der Waals surface area contributed by atoms with Crippen molar-refractivity contribution in [3.8, 4) is 0 Å². The van der Waals surface area contributed by atoms with Crippen molar-refractivity contribution in [2.75, 3.05) is 5.32 Å². The van der Waals surface area contributed by atoms with Crippen LogP contribution in [0.15, 0.2) is 40.9 Å². The second kappa shape index (κ2) is 5.48. The maximum atomic E-state index is 13.5. The quantitative estimate of drug-likeness (QED) is 0.876. The molecule has 0 spiro atoms. The number of aryl methyl sites for hydroxylation is 1. The van der Waals surface area contributed by atoms with Crippen LogP contribution in [0.25, 0.3) is 0 Å². The molecule has 98 valence electrons. The number of amides is 1. The molecule has 2 nitrogen and oxygen atoms in total. The van der Waals surface area contributed by atoms with Crippen molar-refractivity contribution in [2.45, 2.75) is 6.92 Å². The molecule has 0 aliphatic heterocycles. The molecule has 0 fully saturated rings. The van der Waals surface area contributed by atoms with Crippen LogP contribution in [0.2, 0.25) is 0 Å². The Morgan fingerprint density at radius 1 is 1.16 bits per heavy atom. The topological polar surface area (TPSA) is 29.1 Å². The van der Waals surface area contributed by atoms with Gasteiger partial charge in [-0.15, -0.1) is 0 Å². The third-order valence-electron chi connectivity index (χ3n) is 2.64. The summed E-state index contributed by atoms with van der Waals surface area (Å²) in [4.78, 5) is 12.0. The van der Waals surface area contributed by atoms with Crippen molar-refractivity contribution in [1.82, 2.24) is 0 Å². The van der Waals surface area contributed by atoms with Gasteiger partial charge < -0.3 is 5.32 Å². The van der Waals surface area contributed by atoms with E-state index in [-0.39, 0.29) is 5.69 Å². The summed E-state index contributed by atoms with van der Waals surface area (Å²) in [7, 11) is 0. The van der Waals surface area contributed by atoms with Crippen molar-refractivity contribution >= 4 is 27.5 Å². The zero-order valence-corrected chi connectivity index (χ0v) is 11.6. The summed E-state index contributed by atoms with van der Waals surface area (Å²) in [5.74, 6) is -2.57. The Morgan fingerprint density at radius 3 is 2.58 bits per heavy atom. The van der Waals surface area contributed by atoms with Crippen LogP contribution in [0.5, 0.6) is 0 Å². The second-order valence-corrected chi connectivity index (χ2v) is 4.78. The minimum atomic E-state index is -1.07. The van der Waals surface area contributed by atoms with Crippen LogP contribution in [0.1, 0.15) is 15.9 Å². The number of rotatable bonds is 2. The highest BCUT2D eigenvalue weighted by Crippen LogP contribution is 2.23. The number of halogens is 3. The van der Waals surface area contributed by atoms with Crippen LogP contribution < -0.4 is 5.32 Å². The molecule has 2 aromatic carbocycles. The first-order valence-electron chi connectivity index (χ1n) is 5.51. The molecule has 2 aromatic rings. The summed E-state index contributed by atoms with van der Waals surface area (Å²) in [6, 6.07) is 8.79. The second-order valence-electron chi connectivity index (χ2n) is 3.99. The van der Waals surface area contributed by atoms with Gasteiger partial charge in [-0.2, -0.15) is 0 Å². The van der Waals surface area contributed by atoms with Gasteiger partial charge in [0.15, 0.2) is 11.6 Å². The molecule has 0 saturated carbocycles. The number of nitrogens with one attached hydrogen (secondary N) is 1. The Kier molecular flexibility index (Phi) is 3.95. The molecular formula is C14H10BrF2NO. The fourth-order valence-electron chi connectivity index (χ4n) is 1.61. The zero-order chi connectivity index (χ0) is 14.0. The number of hydrogen-bond acceptors (Lipinski definition) is 1. The van der Waals surface area contributed by atoms with Gasteiger partial charge in [-0.3, -0.25) is 4.79 Å². The molecule has 0 heterocycles. The Hall–Kier alpha value is -1.75. The van der Waals surface area contributed by atoms with E-state index in [0.29, 0.717) is 10.0 Å². The number of carbonyl (C=O) groups excluding carboxylic acids is 1. The van der Waals surface area contributed by atoms with Crippen molar-refractivity contribution in [3.63, 3.8) is 0 Å². The van der Waals surface area contributed by atoms with Gasteiger partial charge in [0.2, 0.25) is 0 Å². The summed E-state index contributed by atoms with van der Waals surface area (Å²) in [6.45, 7) is 1.84. The van der Waals surface area contributed by atoms with E-state index >= 15 is 0 Å². The fraction of sp³-hybridized carbons (Fsp3) is 0.0714. The first kappa shape index (κ1) is 13.7. The number of anilines is 1. The van der Waals surface area contributed by atoms with Gasteiger partial charge >= 0.3 is 0 Å². The highest BCUT2D eigenvalue weighted by atomic mass is 79.9. The molecule has 0 atom stereocenters. The molecule has 19 heavy (non-hydrogen) atoms. The lowest BCUT2D eigenvalue weighted by molar-refractivity contribution is 0.102. The van der Waals surface area contributed by atoms with Gasteiger partial charge in [-0.1, -0.05) is 18.2 Å². The minimum Gasteiger partial charge on any atom is -0.319 e. The summed E-state index contributed by atoms with van der Waals surface area (Å²) in [5.41, 5.74) is 1.06. The van der Waals surface area contributed by atoms with E-state index in [9.17, 15) is 13.6 Å². The number of hydrogen-bond donors (Lipinski definition) is 1. The van der Waals surface area contributed by atoms with E-state index in [1.54, 1.807) is 12.1 Å². The molecule has 0 unspecified atom stereocenters. The SMILES string of the molecule is Cc1cccc(C(=O)Nc2cccc(F)c2F)c1Br. The summed E-state index contributed by atoms with van der Waals surface area (Å²) >= 11 is 3.30. The normalized spacial score (nSPS) is 10.3. The molecule has 0 bridgehead atoms. The lowest BCUT2D eigenvalue weighted by atomic mass is 10.1. The number of carbonyl (C=O) groups is 1. The highest BCUT2D eigenvalue weighted by molar-refractivity contribution is 9.10.